The van der Waals surface area contributed by atoms with Crippen LogP contribution < -0.4 is 5.56 Å². The van der Waals surface area contributed by atoms with E-state index in [4.69, 9.17) is 21.6 Å². The van der Waals surface area contributed by atoms with E-state index in [-0.39, 0.29) is 11.6 Å². The molecule has 2 aromatic carbocycles. The van der Waals surface area contributed by atoms with Gasteiger partial charge >= 0.3 is 0 Å². The van der Waals surface area contributed by atoms with Crippen LogP contribution in [0, 0.1) is 0 Å². The molecule has 3 aromatic heterocycles. The van der Waals surface area contributed by atoms with E-state index in [9.17, 15) is 4.79 Å². The maximum Gasteiger partial charge on any atom is 0.265 e. The van der Waals surface area contributed by atoms with Crippen molar-refractivity contribution in [3.05, 3.63) is 70.2 Å². The minimum absolute atomic E-state index is 0.0392. The van der Waals surface area contributed by atoms with Gasteiger partial charge in [0, 0.05) is 11.1 Å². The molecule has 6 nitrogen and oxygen atoms in total. The lowest BCUT2D eigenvalue weighted by molar-refractivity contribution is 0.510. The number of halogens is 1. The van der Waals surface area contributed by atoms with Gasteiger partial charge in [0.1, 0.15) is 17.2 Å². The zero-order valence-corrected chi connectivity index (χ0v) is 16.8. The standard InChI is InChI=1S/C22H18ClN5O/c1-3-13(2)27-12-24-20-18(22(27)29)19-21(26-17-10-5-4-9-16(17)25-19)28(20)15-8-6-7-14(23)11-15/h4-13H,3H2,1-2H3/t13-/m1/s1. The van der Waals surface area contributed by atoms with Crippen molar-refractivity contribution in [2.75, 3.05) is 0 Å². The molecule has 5 aromatic rings. The fraction of sp³-hybridized carbons (Fsp3) is 0.182. The molecule has 1 atom stereocenters. The van der Waals surface area contributed by atoms with Gasteiger partial charge in [-0.1, -0.05) is 36.7 Å². The molecule has 144 valence electrons. The lowest BCUT2D eigenvalue weighted by Crippen LogP contribution is -2.23. The smallest absolute Gasteiger partial charge is 0.265 e. The molecule has 0 N–H and O–H groups in total. The van der Waals surface area contributed by atoms with Gasteiger partial charge in [0.05, 0.1) is 16.7 Å². The molecule has 0 amide bonds. The van der Waals surface area contributed by atoms with Gasteiger partial charge in [-0.25, -0.2) is 15.0 Å². The summed E-state index contributed by atoms with van der Waals surface area (Å²) in [4.78, 5) is 27.7. The molecule has 0 radical (unpaired) electrons. The third kappa shape index (κ3) is 2.71. The van der Waals surface area contributed by atoms with Gasteiger partial charge in [0.25, 0.3) is 5.56 Å². The molecule has 0 fully saturated rings. The summed E-state index contributed by atoms with van der Waals surface area (Å²) in [5.74, 6) is 0. The number of para-hydroxylation sites is 2. The van der Waals surface area contributed by atoms with Crippen LogP contribution in [0.5, 0.6) is 0 Å². The Morgan fingerprint density at radius 1 is 1.03 bits per heavy atom. The highest BCUT2D eigenvalue weighted by atomic mass is 35.5. The number of aromatic nitrogens is 5. The molecule has 0 aliphatic carbocycles. The Morgan fingerprint density at radius 3 is 2.52 bits per heavy atom. The maximum atomic E-state index is 13.4. The summed E-state index contributed by atoms with van der Waals surface area (Å²) in [5.41, 5.74) is 3.84. The van der Waals surface area contributed by atoms with Crippen molar-refractivity contribution in [2.24, 2.45) is 0 Å². The molecule has 3 heterocycles. The summed E-state index contributed by atoms with van der Waals surface area (Å²) in [7, 11) is 0. The Kier molecular flexibility index (Phi) is 4.10. The number of nitrogens with zero attached hydrogens (tertiary/aromatic N) is 5. The number of benzene rings is 2. The Bertz CT molecular complexity index is 1450. The fourth-order valence-electron chi connectivity index (χ4n) is 3.62. The van der Waals surface area contributed by atoms with E-state index in [0.29, 0.717) is 27.2 Å². The lowest BCUT2D eigenvalue weighted by Gasteiger charge is -2.12. The second-order valence-electron chi connectivity index (χ2n) is 7.11. The highest BCUT2D eigenvalue weighted by Gasteiger charge is 2.21. The number of rotatable bonds is 3. The molecule has 7 heteroatoms. The van der Waals surface area contributed by atoms with Crippen LogP contribution in [-0.4, -0.2) is 24.1 Å². The quantitative estimate of drug-likeness (QED) is 0.429. The molecule has 0 saturated carbocycles. The Hall–Kier alpha value is -3.25. The van der Waals surface area contributed by atoms with Crippen LogP contribution in [0.3, 0.4) is 0 Å². The second-order valence-corrected chi connectivity index (χ2v) is 7.55. The molecule has 0 bridgehead atoms. The van der Waals surface area contributed by atoms with Crippen LogP contribution >= 0.6 is 11.6 Å². The summed E-state index contributed by atoms with van der Waals surface area (Å²) in [6.07, 6.45) is 2.44. The van der Waals surface area contributed by atoms with Crippen LogP contribution in [0.1, 0.15) is 26.3 Å². The first kappa shape index (κ1) is 17.8. The van der Waals surface area contributed by atoms with Crippen LogP contribution in [-0.2, 0) is 0 Å². The van der Waals surface area contributed by atoms with Crippen molar-refractivity contribution in [2.45, 2.75) is 26.3 Å². The van der Waals surface area contributed by atoms with Crippen LogP contribution in [0.15, 0.2) is 59.7 Å². The average molecular weight is 404 g/mol. The summed E-state index contributed by atoms with van der Waals surface area (Å²) >= 11 is 6.24. The van der Waals surface area contributed by atoms with E-state index >= 15 is 0 Å². The molecular weight excluding hydrogens is 386 g/mol. The predicted molar refractivity (Wildman–Crippen MR) is 116 cm³/mol. The molecule has 0 unspecified atom stereocenters. The second kappa shape index (κ2) is 6.67. The molecule has 5 rings (SSSR count). The summed E-state index contributed by atoms with van der Waals surface area (Å²) in [6, 6.07) is 15.1. The van der Waals surface area contributed by atoms with Crippen molar-refractivity contribution >= 4 is 44.8 Å². The van der Waals surface area contributed by atoms with E-state index in [1.54, 1.807) is 10.9 Å². The first-order chi connectivity index (χ1) is 14.1. The van der Waals surface area contributed by atoms with Gasteiger partial charge in [0.15, 0.2) is 11.3 Å². The van der Waals surface area contributed by atoms with E-state index in [1.165, 1.54) is 0 Å². The largest absolute Gasteiger partial charge is 0.296 e. The van der Waals surface area contributed by atoms with Gasteiger partial charge in [-0.3, -0.25) is 13.9 Å². The van der Waals surface area contributed by atoms with Crippen molar-refractivity contribution in [1.82, 2.24) is 24.1 Å². The van der Waals surface area contributed by atoms with Gasteiger partial charge in [-0.2, -0.15) is 0 Å². The maximum absolute atomic E-state index is 13.4. The topological polar surface area (TPSA) is 65.6 Å². The molecule has 0 saturated heterocycles. The van der Waals surface area contributed by atoms with Crippen LogP contribution in [0.2, 0.25) is 5.02 Å². The number of hydrogen-bond acceptors (Lipinski definition) is 4. The third-order valence-corrected chi connectivity index (χ3v) is 5.56. The Labute approximate surface area is 171 Å². The van der Waals surface area contributed by atoms with E-state index in [0.717, 1.165) is 23.1 Å². The predicted octanol–water partition coefficient (Wildman–Crippen LogP) is 4.91. The van der Waals surface area contributed by atoms with Gasteiger partial charge < -0.3 is 0 Å². The van der Waals surface area contributed by atoms with Gasteiger partial charge in [0.2, 0.25) is 0 Å². The van der Waals surface area contributed by atoms with E-state index < -0.39 is 0 Å². The molecule has 0 spiro atoms. The van der Waals surface area contributed by atoms with Crippen molar-refractivity contribution in [3.8, 4) is 5.69 Å². The fourth-order valence-corrected chi connectivity index (χ4v) is 3.80. The highest BCUT2D eigenvalue weighted by molar-refractivity contribution is 6.30. The molecular formula is C22H18ClN5O. The minimum Gasteiger partial charge on any atom is -0.296 e. The highest BCUT2D eigenvalue weighted by Crippen LogP contribution is 2.29. The molecule has 0 aliphatic heterocycles. The first-order valence-electron chi connectivity index (χ1n) is 9.52. The zero-order valence-electron chi connectivity index (χ0n) is 16.0. The van der Waals surface area contributed by atoms with Crippen molar-refractivity contribution < 1.29 is 0 Å². The minimum atomic E-state index is -0.111. The summed E-state index contributed by atoms with van der Waals surface area (Å²) in [5, 5.41) is 1.07. The first-order valence-corrected chi connectivity index (χ1v) is 9.90. The molecule has 0 aliphatic rings. The zero-order chi connectivity index (χ0) is 20.1. The van der Waals surface area contributed by atoms with Gasteiger partial charge in [-0.15, -0.1) is 0 Å². The van der Waals surface area contributed by atoms with Crippen LogP contribution in [0.25, 0.3) is 38.9 Å². The average Bonchev–Trinajstić information content (AvgIpc) is 3.05. The van der Waals surface area contributed by atoms with E-state index in [2.05, 4.69) is 4.98 Å². The number of hydrogen-bond donors (Lipinski definition) is 0. The van der Waals surface area contributed by atoms with Crippen molar-refractivity contribution in [1.29, 1.82) is 0 Å². The normalized spacial score (nSPS) is 12.8. The van der Waals surface area contributed by atoms with Crippen molar-refractivity contribution in [3.63, 3.8) is 0 Å². The summed E-state index contributed by atoms with van der Waals surface area (Å²) < 4.78 is 3.53. The number of fused-ring (bicyclic) bond motifs is 4. The third-order valence-electron chi connectivity index (χ3n) is 5.32. The molecule has 29 heavy (non-hydrogen) atoms. The van der Waals surface area contributed by atoms with Gasteiger partial charge in [-0.05, 0) is 43.7 Å². The lowest BCUT2D eigenvalue weighted by atomic mass is 10.2. The SMILES string of the molecule is CC[C@@H](C)n1cnc2c(c1=O)c1nc3ccccc3nc1n2-c1cccc(Cl)c1. The Balaban J connectivity index is 2.00. The Morgan fingerprint density at radius 2 is 1.79 bits per heavy atom. The van der Waals surface area contributed by atoms with E-state index in [1.807, 2.05) is 66.9 Å². The monoisotopic (exact) mass is 403 g/mol. The summed E-state index contributed by atoms with van der Waals surface area (Å²) in [6.45, 7) is 4.05. The van der Waals surface area contributed by atoms with Crippen LogP contribution in [0.4, 0.5) is 0 Å².